The molecule has 0 heterocycles. The third kappa shape index (κ3) is 2.97. The molecule has 104 valence electrons. The lowest BCUT2D eigenvalue weighted by Gasteiger charge is -2.12. The summed E-state index contributed by atoms with van der Waals surface area (Å²) in [6, 6.07) is 13.0. The van der Waals surface area contributed by atoms with Crippen LogP contribution in [0.2, 0.25) is 0 Å². The van der Waals surface area contributed by atoms with Crippen molar-refractivity contribution in [2.75, 3.05) is 6.54 Å². The first-order valence-corrected chi connectivity index (χ1v) is 6.36. The molecule has 0 atom stereocenters. The third-order valence-corrected chi connectivity index (χ3v) is 3.10. The number of hydrogen-bond acceptors (Lipinski definition) is 4. The number of benzene rings is 2. The van der Waals surface area contributed by atoms with Gasteiger partial charge in [-0.05, 0) is 24.6 Å². The van der Waals surface area contributed by atoms with Gasteiger partial charge in [0.1, 0.15) is 18.1 Å². The van der Waals surface area contributed by atoms with Crippen LogP contribution in [-0.4, -0.2) is 17.4 Å². The number of hydrogen-bond donors (Lipinski definition) is 2. The Morgan fingerprint density at radius 1 is 1.20 bits per heavy atom. The maximum absolute atomic E-state index is 11.6. The van der Waals surface area contributed by atoms with E-state index in [1.165, 1.54) is 6.07 Å². The molecule has 0 amide bonds. The smallest absolute Gasteiger partial charge is 0.180 e. The highest BCUT2D eigenvalue weighted by Gasteiger charge is 2.14. The first-order chi connectivity index (χ1) is 9.63. The summed E-state index contributed by atoms with van der Waals surface area (Å²) in [6.45, 7) is 1.99. The zero-order valence-electron chi connectivity index (χ0n) is 11.3. The molecular formula is C16H17NO3. The maximum Gasteiger partial charge on any atom is 0.180 e. The van der Waals surface area contributed by atoms with Gasteiger partial charge < -0.3 is 15.6 Å². The fourth-order valence-corrected chi connectivity index (χ4v) is 1.91. The number of ether oxygens (including phenoxy) is 1. The molecule has 0 aliphatic carbocycles. The minimum Gasteiger partial charge on any atom is -0.507 e. The number of phenolic OH excluding ortho intramolecular Hbond substituents is 1. The van der Waals surface area contributed by atoms with Crippen molar-refractivity contribution in [3.8, 4) is 11.5 Å². The Morgan fingerprint density at radius 3 is 2.55 bits per heavy atom. The summed E-state index contributed by atoms with van der Waals surface area (Å²) in [6.07, 6.45) is 0. The van der Waals surface area contributed by atoms with Crippen LogP contribution in [0.5, 0.6) is 11.5 Å². The van der Waals surface area contributed by atoms with Gasteiger partial charge in [0.25, 0.3) is 0 Å². The molecule has 2 aromatic rings. The van der Waals surface area contributed by atoms with E-state index in [0.717, 1.165) is 5.56 Å². The van der Waals surface area contributed by atoms with Crippen LogP contribution < -0.4 is 10.5 Å². The highest BCUT2D eigenvalue weighted by Crippen LogP contribution is 2.31. The van der Waals surface area contributed by atoms with Crippen LogP contribution in [0.4, 0.5) is 0 Å². The Bertz CT molecular complexity index is 609. The van der Waals surface area contributed by atoms with E-state index < -0.39 is 0 Å². The van der Waals surface area contributed by atoms with Crippen molar-refractivity contribution < 1.29 is 14.6 Å². The molecule has 20 heavy (non-hydrogen) atoms. The maximum atomic E-state index is 11.6. The molecule has 0 aliphatic rings. The number of Topliss-reactive ketones (excluding diaryl/α,β-unsaturated/α-hetero) is 1. The molecule has 0 saturated heterocycles. The Balaban J connectivity index is 2.18. The van der Waals surface area contributed by atoms with E-state index in [2.05, 4.69) is 0 Å². The first-order valence-electron chi connectivity index (χ1n) is 6.36. The number of ketones is 1. The van der Waals surface area contributed by atoms with E-state index in [-0.39, 0.29) is 23.6 Å². The van der Waals surface area contributed by atoms with Crippen molar-refractivity contribution >= 4 is 5.78 Å². The van der Waals surface area contributed by atoms with Gasteiger partial charge in [-0.2, -0.15) is 0 Å². The minimum absolute atomic E-state index is 0.0639. The minimum atomic E-state index is -0.291. The summed E-state index contributed by atoms with van der Waals surface area (Å²) in [5, 5.41) is 10.0. The molecule has 0 bridgehead atoms. The predicted molar refractivity (Wildman–Crippen MR) is 77.0 cm³/mol. The molecule has 0 unspecified atom stereocenters. The van der Waals surface area contributed by atoms with E-state index in [1.54, 1.807) is 13.0 Å². The number of carbonyl (C=O) groups is 1. The fourth-order valence-electron chi connectivity index (χ4n) is 1.91. The van der Waals surface area contributed by atoms with Crippen molar-refractivity contribution in [2.45, 2.75) is 13.5 Å². The normalized spacial score (nSPS) is 10.3. The Labute approximate surface area is 117 Å². The quantitative estimate of drug-likeness (QED) is 0.819. The van der Waals surface area contributed by atoms with Gasteiger partial charge in [-0.1, -0.05) is 30.3 Å². The van der Waals surface area contributed by atoms with E-state index in [9.17, 15) is 9.90 Å². The molecule has 4 heteroatoms. The topological polar surface area (TPSA) is 72.5 Å². The summed E-state index contributed by atoms with van der Waals surface area (Å²) < 4.78 is 5.67. The molecule has 0 saturated carbocycles. The lowest BCUT2D eigenvalue weighted by molar-refractivity contribution is 0.0998. The van der Waals surface area contributed by atoms with Crippen LogP contribution in [0.25, 0.3) is 0 Å². The van der Waals surface area contributed by atoms with E-state index in [4.69, 9.17) is 10.5 Å². The number of rotatable bonds is 5. The van der Waals surface area contributed by atoms with Gasteiger partial charge in [0, 0.05) is 5.56 Å². The molecule has 0 aliphatic heterocycles. The van der Waals surface area contributed by atoms with Crippen LogP contribution in [0.1, 0.15) is 21.5 Å². The van der Waals surface area contributed by atoms with Gasteiger partial charge in [0.05, 0.1) is 12.1 Å². The molecule has 0 fully saturated rings. The lowest BCUT2D eigenvalue weighted by atomic mass is 10.1. The number of aromatic hydroxyl groups is 1. The lowest BCUT2D eigenvalue weighted by Crippen LogP contribution is -2.14. The summed E-state index contributed by atoms with van der Waals surface area (Å²) >= 11 is 0. The van der Waals surface area contributed by atoms with Crippen LogP contribution in [0.3, 0.4) is 0 Å². The average Bonchev–Trinajstić information content (AvgIpc) is 2.49. The van der Waals surface area contributed by atoms with Gasteiger partial charge >= 0.3 is 0 Å². The van der Waals surface area contributed by atoms with Gasteiger partial charge in [-0.25, -0.2) is 0 Å². The summed E-state index contributed by atoms with van der Waals surface area (Å²) in [7, 11) is 0. The van der Waals surface area contributed by atoms with Gasteiger partial charge in [0.15, 0.2) is 5.78 Å². The zero-order valence-corrected chi connectivity index (χ0v) is 11.3. The predicted octanol–water partition coefficient (Wildman–Crippen LogP) is 2.42. The molecule has 3 N–H and O–H groups in total. The molecule has 0 aromatic heterocycles. The fraction of sp³-hybridized carbons (Fsp3) is 0.188. The molecule has 0 radical (unpaired) electrons. The van der Waals surface area contributed by atoms with Crippen molar-refractivity contribution in [3.05, 3.63) is 59.2 Å². The van der Waals surface area contributed by atoms with Crippen LogP contribution >= 0.6 is 0 Å². The highest BCUT2D eigenvalue weighted by atomic mass is 16.5. The second-order valence-corrected chi connectivity index (χ2v) is 4.49. The molecular weight excluding hydrogens is 254 g/mol. The Hall–Kier alpha value is -2.33. The Kier molecular flexibility index (Phi) is 4.38. The molecule has 0 spiro atoms. The van der Waals surface area contributed by atoms with Crippen LogP contribution in [0.15, 0.2) is 42.5 Å². The van der Waals surface area contributed by atoms with E-state index >= 15 is 0 Å². The van der Waals surface area contributed by atoms with E-state index in [0.29, 0.717) is 17.9 Å². The summed E-state index contributed by atoms with van der Waals surface area (Å²) in [5.74, 6) is 0.200. The van der Waals surface area contributed by atoms with Crippen LogP contribution in [-0.2, 0) is 6.61 Å². The SMILES string of the molecule is Cc1c(OCc2ccccc2)ccc(C(=O)CN)c1O. The van der Waals surface area contributed by atoms with Crippen molar-refractivity contribution in [1.29, 1.82) is 0 Å². The largest absolute Gasteiger partial charge is 0.507 e. The molecule has 4 nitrogen and oxygen atoms in total. The molecule has 2 aromatic carbocycles. The number of phenols is 1. The van der Waals surface area contributed by atoms with Crippen molar-refractivity contribution in [1.82, 2.24) is 0 Å². The van der Waals surface area contributed by atoms with Gasteiger partial charge in [-0.15, -0.1) is 0 Å². The number of carbonyl (C=O) groups excluding carboxylic acids is 1. The van der Waals surface area contributed by atoms with Crippen LogP contribution in [0, 0.1) is 6.92 Å². The molecule has 2 rings (SSSR count). The standard InChI is InChI=1S/C16H17NO3/c1-11-15(20-10-12-5-3-2-4-6-12)8-7-13(16(11)19)14(18)9-17/h2-8,19H,9-10,17H2,1H3. The average molecular weight is 271 g/mol. The number of nitrogens with two attached hydrogens (primary N) is 1. The third-order valence-electron chi connectivity index (χ3n) is 3.10. The Morgan fingerprint density at radius 2 is 1.90 bits per heavy atom. The monoisotopic (exact) mass is 271 g/mol. The van der Waals surface area contributed by atoms with Gasteiger partial charge in [0.2, 0.25) is 0 Å². The summed E-state index contributed by atoms with van der Waals surface area (Å²) in [4.78, 5) is 11.6. The van der Waals surface area contributed by atoms with Crippen molar-refractivity contribution in [3.63, 3.8) is 0 Å². The van der Waals surface area contributed by atoms with Gasteiger partial charge in [-0.3, -0.25) is 4.79 Å². The zero-order chi connectivity index (χ0) is 14.5. The highest BCUT2D eigenvalue weighted by molar-refractivity contribution is 6.00. The second-order valence-electron chi connectivity index (χ2n) is 4.49. The van der Waals surface area contributed by atoms with Crippen molar-refractivity contribution in [2.24, 2.45) is 5.73 Å². The second kappa shape index (κ2) is 6.21. The first kappa shape index (κ1) is 14.1. The summed E-state index contributed by atoms with van der Waals surface area (Å²) in [5.41, 5.74) is 7.11. The van der Waals surface area contributed by atoms with E-state index in [1.807, 2.05) is 30.3 Å².